The summed E-state index contributed by atoms with van der Waals surface area (Å²) in [5.74, 6) is -4.39. The van der Waals surface area contributed by atoms with Crippen molar-refractivity contribution in [2.24, 2.45) is 0 Å². The van der Waals surface area contributed by atoms with E-state index in [9.17, 15) is 47.0 Å². The molecule has 26 heteroatoms. The van der Waals surface area contributed by atoms with Gasteiger partial charge in [-0.25, -0.2) is 17.6 Å². The van der Waals surface area contributed by atoms with Gasteiger partial charge in [-0.05, 0) is 94.6 Å². The first-order valence-electron chi connectivity index (χ1n) is 25.0. The minimum absolute atomic E-state index is 0.0565. The molecule has 9 heterocycles. The summed E-state index contributed by atoms with van der Waals surface area (Å²) in [5.41, 5.74) is 1.93. The molecule has 11 rings (SSSR count). The molecule has 2 amide bonds. The van der Waals surface area contributed by atoms with E-state index in [1.165, 1.54) is 66.6 Å². The molecule has 80 heavy (non-hydrogen) atoms. The fourth-order valence-corrected chi connectivity index (χ4v) is 10.5. The topological polar surface area (TPSA) is 231 Å². The lowest BCUT2D eigenvalue weighted by Crippen LogP contribution is -2.48. The molecule has 0 spiro atoms. The number of hydrogen-bond acceptors (Lipinski definition) is 16. The van der Waals surface area contributed by atoms with Gasteiger partial charge >= 0.3 is 7.12 Å². The van der Waals surface area contributed by atoms with Crippen LogP contribution in [0.4, 0.5) is 17.6 Å². The summed E-state index contributed by atoms with van der Waals surface area (Å²) >= 11 is 5.83. The lowest BCUT2D eigenvalue weighted by molar-refractivity contribution is -0.0260. The van der Waals surface area contributed by atoms with Crippen LogP contribution in [-0.2, 0) is 31.9 Å². The molecule has 0 unspecified atom stereocenters. The average Bonchev–Trinajstić information content (AvgIpc) is 4.27. The van der Waals surface area contributed by atoms with E-state index in [1.807, 2.05) is 27.7 Å². The highest BCUT2D eigenvalue weighted by molar-refractivity contribution is 9.10. The number of aromatic nitrogens is 6. The van der Waals surface area contributed by atoms with Crippen LogP contribution in [0.5, 0.6) is 0 Å². The largest absolute Gasteiger partial charge is 0.507 e. The number of aliphatic hydroxyl groups excluding tert-OH is 2. The number of carbonyl (C=O) groups is 2. The van der Waals surface area contributed by atoms with Gasteiger partial charge in [-0.15, -0.1) is 22.7 Å². The minimum atomic E-state index is -0.877. The summed E-state index contributed by atoms with van der Waals surface area (Å²) in [4.78, 5) is 69.0. The molecule has 3 saturated heterocycles. The monoisotopic (exact) mass is 1200 g/mol. The van der Waals surface area contributed by atoms with Crippen molar-refractivity contribution >= 4 is 84.1 Å². The predicted molar refractivity (Wildman–Crippen MR) is 295 cm³/mol. The second kappa shape index (κ2) is 24.6. The molecular weight excluding hydrogens is 1150 g/mol. The average molecular weight is 1200 g/mol. The number of carbonyl (C=O) groups excluding carboxylic acids is 2. The predicted octanol–water partition coefficient (Wildman–Crippen LogP) is 6.53. The molecule has 4 N–H and O–H groups in total. The summed E-state index contributed by atoms with van der Waals surface area (Å²) in [7, 11) is -0.257. The van der Waals surface area contributed by atoms with Gasteiger partial charge in [0.05, 0.1) is 115 Å². The molecule has 4 atom stereocenters. The number of fused-ring (bicyclic) bond motifs is 2. The summed E-state index contributed by atoms with van der Waals surface area (Å²) in [5, 5.41) is 26.0. The van der Waals surface area contributed by atoms with E-state index in [1.54, 1.807) is 40.7 Å². The van der Waals surface area contributed by atoms with Crippen molar-refractivity contribution in [2.45, 2.75) is 89.1 Å². The van der Waals surface area contributed by atoms with Gasteiger partial charge in [-0.1, -0.05) is 15.9 Å². The zero-order chi connectivity index (χ0) is 57.0. The summed E-state index contributed by atoms with van der Waals surface area (Å²) < 4.78 is 84.1. The van der Waals surface area contributed by atoms with Crippen LogP contribution >= 0.6 is 38.6 Å². The van der Waals surface area contributed by atoms with Crippen molar-refractivity contribution in [2.75, 3.05) is 26.4 Å². The van der Waals surface area contributed by atoms with Crippen LogP contribution in [0.25, 0.3) is 32.2 Å². The Balaban J connectivity index is 0.000000157. The number of benzene rings is 2. The SMILES string of the molecule is CC1(C)OB(c2cncs2)OC1(C)C.O=C(N[C@H]1CCOC[C@@H]1O)c1cn(Cc2c(F)cc(-c3cncs3)cc2F)c(=O)c2cccnc12.O=C(N[C@H]1CCOC[C@@H]1O)c1cn(Cc2c(F)cc(Br)cc2F)c(=O)c2cccnc12. The van der Waals surface area contributed by atoms with E-state index in [2.05, 4.69) is 46.5 Å². The van der Waals surface area contributed by atoms with Crippen LogP contribution in [0, 0.1) is 23.3 Å². The van der Waals surface area contributed by atoms with Crippen molar-refractivity contribution < 1.29 is 56.1 Å². The van der Waals surface area contributed by atoms with E-state index in [-0.39, 0.29) is 80.1 Å². The molecule has 0 aliphatic carbocycles. The maximum absolute atomic E-state index is 14.9. The summed E-state index contributed by atoms with van der Waals surface area (Å²) in [6.07, 6.45) is 7.78. The second-order valence-electron chi connectivity index (χ2n) is 19.9. The zero-order valence-corrected chi connectivity index (χ0v) is 46.6. The second-order valence-corrected chi connectivity index (χ2v) is 22.6. The number of nitrogens with zero attached hydrogens (tertiary/aromatic N) is 6. The van der Waals surface area contributed by atoms with E-state index in [0.717, 1.165) is 26.0 Å². The van der Waals surface area contributed by atoms with Gasteiger partial charge in [0.2, 0.25) is 0 Å². The third kappa shape index (κ3) is 12.8. The number of aliphatic hydroxyl groups is 2. The Kier molecular flexibility index (Phi) is 17.9. The third-order valence-corrected chi connectivity index (χ3v) is 16.1. The van der Waals surface area contributed by atoms with Gasteiger partial charge in [-0.2, -0.15) is 0 Å². The minimum Gasteiger partial charge on any atom is -0.399 e. The van der Waals surface area contributed by atoms with Crippen LogP contribution in [0.1, 0.15) is 72.4 Å². The molecule has 418 valence electrons. The van der Waals surface area contributed by atoms with Crippen LogP contribution in [0.3, 0.4) is 0 Å². The molecule has 0 radical (unpaired) electrons. The van der Waals surface area contributed by atoms with Crippen LogP contribution in [0.15, 0.2) is 111 Å². The Morgan fingerprint density at radius 1 is 0.713 bits per heavy atom. The molecule has 3 aliphatic rings. The number of nitrogens with one attached hydrogen (secondary N) is 2. The number of halogens is 5. The molecule has 3 aliphatic heterocycles. The lowest BCUT2D eigenvalue weighted by Gasteiger charge is -2.32. The Hall–Kier alpha value is -6.62. The number of ether oxygens (including phenoxy) is 2. The maximum Gasteiger partial charge on any atom is 0.507 e. The lowest BCUT2D eigenvalue weighted by atomic mass is 9.89. The Morgan fingerprint density at radius 3 is 1.59 bits per heavy atom. The maximum atomic E-state index is 14.9. The van der Waals surface area contributed by atoms with E-state index in [4.69, 9.17) is 18.8 Å². The van der Waals surface area contributed by atoms with Crippen LogP contribution in [-0.4, -0.2) is 120 Å². The molecule has 18 nitrogen and oxygen atoms in total. The van der Waals surface area contributed by atoms with Crippen LogP contribution in [0.2, 0.25) is 0 Å². The summed E-state index contributed by atoms with van der Waals surface area (Å²) in [6.45, 7) is 8.34. The molecule has 0 saturated carbocycles. The molecule has 2 aromatic carbocycles. The highest BCUT2D eigenvalue weighted by Crippen LogP contribution is 2.37. The third-order valence-electron chi connectivity index (χ3n) is 14.0. The van der Waals surface area contributed by atoms with Gasteiger partial charge in [-0.3, -0.25) is 39.1 Å². The summed E-state index contributed by atoms with van der Waals surface area (Å²) in [6, 6.07) is 9.61. The molecule has 6 aromatic heterocycles. The number of amides is 2. The standard InChI is InChI=1S/C24H20F2N4O4S.C21H18BrF2N3O4.C9H14BNO2S/c25-17-6-13(21-8-27-12-35-21)7-18(26)15(17)9-30-10-16(22-14(24(30)33)2-1-4-28-22)23(32)29-19-3-5-34-11-20(19)31;22-11-6-15(23)13(16(24)7-11)8-27-9-14(19-12(21(27)30)2-1-4-25-19)20(29)26-17-3-5-31-10-18(17)28;1-8(2)9(3,4)13-10(12-8)7-5-11-6-14-7/h1-2,4,6-8,10,12,19-20,31H,3,5,9,11H2,(H,29,32);1-2,4,6-7,9,17-18,28H,3,5,8,10H2,(H,26,29);5-6H,1-4H3/t19-,20-;17-,18-;/m00./s1. The quantitative estimate of drug-likeness (QED) is 0.0843. The highest BCUT2D eigenvalue weighted by atomic mass is 79.9. The van der Waals surface area contributed by atoms with Gasteiger partial charge in [0, 0.05) is 66.0 Å². The Labute approximate surface area is 471 Å². The zero-order valence-electron chi connectivity index (χ0n) is 43.3. The first kappa shape index (κ1) is 58.1. The van der Waals surface area contributed by atoms with E-state index >= 15 is 0 Å². The first-order chi connectivity index (χ1) is 38.2. The number of pyridine rings is 4. The Morgan fingerprint density at radius 2 is 1.16 bits per heavy atom. The smallest absolute Gasteiger partial charge is 0.399 e. The Bertz CT molecular complexity index is 3630. The fraction of sp³-hybridized carbons (Fsp3) is 0.333. The van der Waals surface area contributed by atoms with Gasteiger partial charge in [0.15, 0.2) is 0 Å². The van der Waals surface area contributed by atoms with Crippen molar-refractivity contribution in [3.05, 3.63) is 167 Å². The fourth-order valence-electron chi connectivity index (χ4n) is 8.91. The van der Waals surface area contributed by atoms with E-state index < -0.39 is 83.6 Å². The highest BCUT2D eigenvalue weighted by Gasteiger charge is 2.52. The normalized spacial score (nSPS) is 19.4. The van der Waals surface area contributed by atoms with Crippen molar-refractivity contribution in [1.82, 2.24) is 39.7 Å². The van der Waals surface area contributed by atoms with Gasteiger partial charge < -0.3 is 48.8 Å². The number of thiazole rings is 2. The molecule has 0 bridgehead atoms. The van der Waals surface area contributed by atoms with Gasteiger partial charge in [0.1, 0.15) is 23.3 Å². The molecular formula is C54H52BBrF4N8O10S2. The first-order valence-corrected chi connectivity index (χ1v) is 27.6. The van der Waals surface area contributed by atoms with Gasteiger partial charge in [0.25, 0.3) is 22.9 Å². The number of hydrogen-bond donors (Lipinski definition) is 4. The number of rotatable bonds is 10. The molecule has 3 fully saturated rings. The van der Waals surface area contributed by atoms with E-state index in [0.29, 0.717) is 36.5 Å². The van der Waals surface area contributed by atoms with Crippen LogP contribution < -0.4 is 26.5 Å². The molecule has 8 aromatic rings. The van der Waals surface area contributed by atoms with Crippen molar-refractivity contribution in [3.8, 4) is 10.4 Å². The van der Waals surface area contributed by atoms with Crippen molar-refractivity contribution in [3.63, 3.8) is 0 Å². The van der Waals surface area contributed by atoms with Crippen molar-refractivity contribution in [1.29, 1.82) is 0 Å².